The molecule has 1 aliphatic rings. The van der Waals surface area contributed by atoms with E-state index in [-0.39, 0.29) is 9.77 Å². The van der Waals surface area contributed by atoms with Crippen LogP contribution in [0.5, 0.6) is 0 Å². The van der Waals surface area contributed by atoms with E-state index in [1.165, 1.54) is 10.4 Å². The number of sulfonamides is 1. The predicted octanol–water partition coefficient (Wildman–Crippen LogP) is 2.90. The van der Waals surface area contributed by atoms with Gasteiger partial charge in [0.15, 0.2) is 0 Å². The van der Waals surface area contributed by atoms with E-state index in [1.807, 2.05) is 18.2 Å². The summed E-state index contributed by atoms with van der Waals surface area (Å²) in [7, 11) is -3.72. The molecule has 0 saturated heterocycles. The van der Waals surface area contributed by atoms with Crippen LogP contribution in [-0.4, -0.2) is 26.0 Å². The minimum absolute atomic E-state index is 0.0499. The third-order valence-electron chi connectivity index (χ3n) is 3.74. The molecule has 1 aromatic carbocycles. The van der Waals surface area contributed by atoms with E-state index in [0.29, 0.717) is 17.1 Å². The molecule has 3 rings (SSSR count). The first-order valence-electron chi connectivity index (χ1n) is 6.85. The number of carbonyl (C=O) groups is 1. The number of benzene rings is 1. The van der Waals surface area contributed by atoms with Crippen LogP contribution in [0, 0.1) is 6.92 Å². The summed E-state index contributed by atoms with van der Waals surface area (Å²) in [6.45, 7) is 2.04. The van der Waals surface area contributed by atoms with E-state index in [4.69, 9.17) is 5.11 Å². The molecule has 0 radical (unpaired) electrons. The van der Waals surface area contributed by atoms with Gasteiger partial charge in [0.25, 0.3) is 10.0 Å². The number of carboxylic acid groups (broad SMARTS) is 1. The maximum atomic E-state index is 12.9. The van der Waals surface area contributed by atoms with Crippen LogP contribution in [0.2, 0.25) is 0 Å². The van der Waals surface area contributed by atoms with Gasteiger partial charge in [-0.2, -0.15) is 0 Å². The first-order valence-corrected chi connectivity index (χ1v) is 9.11. The Morgan fingerprint density at radius 1 is 1.32 bits per heavy atom. The molecule has 0 aliphatic carbocycles. The molecule has 0 spiro atoms. The largest absolute Gasteiger partial charge is 0.478 e. The molecule has 5 nitrogen and oxygen atoms in total. The van der Waals surface area contributed by atoms with Crippen LogP contribution in [0.15, 0.2) is 34.5 Å². The standard InChI is InChI=1S/C15H15NO4S2/c1-10-12(15(17)18)9-14(21-10)22(19,20)16-8-4-6-11-5-2-3-7-13(11)16/h2-3,5,7,9H,4,6,8H2,1H3,(H,17,18). The first kappa shape index (κ1) is 15.1. The zero-order chi connectivity index (χ0) is 15.9. The van der Waals surface area contributed by atoms with Gasteiger partial charge in [-0.25, -0.2) is 13.2 Å². The number of rotatable bonds is 3. The number of thiophene rings is 1. The van der Waals surface area contributed by atoms with Crippen LogP contribution >= 0.6 is 11.3 Å². The van der Waals surface area contributed by atoms with Crippen LogP contribution in [0.4, 0.5) is 5.69 Å². The number of fused-ring (bicyclic) bond motifs is 1. The summed E-state index contributed by atoms with van der Waals surface area (Å²) in [5.74, 6) is -1.10. The molecular weight excluding hydrogens is 322 g/mol. The Bertz CT molecular complexity index is 839. The Morgan fingerprint density at radius 2 is 2.05 bits per heavy atom. The summed E-state index contributed by atoms with van der Waals surface area (Å²) < 4.78 is 27.2. The summed E-state index contributed by atoms with van der Waals surface area (Å²) >= 11 is 1.01. The van der Waals surface area contributed by atoms with Crippen LogP contribution in [0.25, 0.3) is 0 Å². The molecular formula is C15H15NO4S2. The minimum atomic E-state index is -3.72. The highest BCUT2D eigenvalue weighted by molar-refractivity contribution is 7.94. The van der Waals surface area contributed by atoms with E-state index >= 15 is 0 Å². The minimum Gasteiger partial charge on any atom is -0.478 e. The second kappa shape index (κ2) is 5.40. The van der Waals surface area contributed by atoms with Crippen molar-refractivity contribution in [2.45, 2.75) is 24.0 Å². The summed E-state index contributed by atoms with van der Waals surface area (Å²) in [4.78, 5) is 11.6. The molecule has 0 atom stereocenters. The van der Waals surface area contributed by atoms with Crippen molar-refractivity contribution in [1.82, 2.24) is 0 Å². The van der Waals surface area contributed by atoms with Crippen LogP contribution < -0.4 is 4.31 Å². The van der Waals surface area contributed by atoms with Gasteiger partial charge in [-0.1, -0.05) is 18.2 Å². The van der Waals surface area contributed by atoms with Crippen molar-refractivity contribution in [3.05, 3.63) is 46.3 Å². The van der Waals surface area contributed by atoms with Crippen molar-refractivity contribution in [3.8, 4) is 0 Å². The first-order chi connectivity index (χ1) is 10.4. The number of hydrogen-bond acceptors (Lipinski definition) is 4. The highest BCUT2D eigenvalue weighted by Crippen LogP contribution is 2.35. The van der Waals surface area contributed by atoms with Crippen molar-refractivity contribution < 1.29 is 18.3 Å². The zero-order valence-corrected chi connectivity index (χ0v) is 13.6. The van der Waals surface area contributed by atoms with Gasteiger partial charge in [0, 0.05) is 11.4 Å². The number of aromatic carboxylic acids is 1. The number of para-hydroxylation sites is 1. The molecule has 2 aromatic rings. The van der Waals surface area contributed by atoms with Crippen molar-refractivity contribution in [2.75, 3.05) is 10.8 Å². The lowest BCUT2D eigenvalue weighted by Gasteiger charge is -2.29. The topological polar surface area (TPSA) is 74.7 Å². The fraction of sp³-hybridized carbons (Fsp3) is 0.267. The summed E-state index contributed by atoms with van der Waals surface area (Å²) in [5, 5.41) is 9.11. The lowest BCUT2D eigenvalue weighted by atomic mass is 10.0. The fourth-order valence-corrected chi connectivity index (χ4v) is 5.74. The van der Waals surface area contributed by atoms with E-state index in [1.54, 1.807) is 13.0 Å². The van der Waals surface area contributed by atoms with Gasteiger partial charge < -0.3 is 5.11 Å². The highest BCUT2D eigenvalue weighted by atomic mass is 32.2. The maximum absolute atomic E-state index is 12.9. The third-order valence-corrected chi connectivity index (χ3v) is 7.05. The van der Waals surface area contributed by atoms with Crippen LogP contribution in [0.1, 0.15) is 27.2 Å². The normalized spacial score (nSPS) is 14.7. The Morgan fingerprint density at radius 3 is 2.73 bits per heavy atom. The van der Waals surface area contributed by atoms with Crippen LogP contribution in [0.3, 0.4) is 0 Å². The van der Waals surface area contributed by atoms with Gasteiger partial charge in [0.1, 0.15) is 4.21 Å². The smallest absolute Gasteiger partial charge is 0.336 e. The van der Waals surface area contributed by atoms with Crippen molar-refractivity contribution >= 4 is 33.0 Å². The SMILES string of the molecule is Cc1sc(S(=O)(=O)N2CCCc3ccccc32)cc1C(=O)O. The quantitative estimate of drug-likeness (QED) is 0.934. The van der Waals surface area contributed by atoms with E-state index < -0.39 is 16.0 Å². The Kier molecular flexibility index (Phi) is 3.70. The lowest BCUT2D eigenvalue weighted by molar-refractivity contribution is 0.0696. The molecule has 2 heterocycles. The Labute approximate surface area is 132 Å². The summed E-state index contributed by atoms with van der Waals surface area (Å²) in [5.41, 5.74) is 1.75. The molecule has 0 unspecified atom stereocenters. The van der Waals surface area contributed by atoms with Gasteiger partial charge in [-0.15, -0.1) is 11.3 Å². The molecule has 116 valence electrons. The van der Waals surface area contributed by atoms with Crippen molar-refractivity contribution in [2.24, 2.45) is 0 Å². The molecule has 0 bridgehead atoms. The number of carboxylic acids is 1. The van der Waals surface area contributed by atoms with E-state index in [0.717, 1.165) is 29.7 Å². The molecule has 7 heteroatoms. The Balaban J connectivity index is 2.08. The number of hydrogen-bond donors (Lipinski definition) is 1. The summed E-state index contributed by atoms with van der Waals surface area (Å²) in [6, 6.07) is 8.70. The van der Waals surface area contributed by atoms with E-state index in [2.05, 4.69) is 0 Å². The van der Waals surface area contributed by atoms with Gasteiger partial charge in [0.2, 0.25) is 0 Å². The van der Waals surface area contributed by atoms with Crippen LogP contribution in [-0.2, 0) is 16.4 Å². The van der Waals surface area contributed by atoms with Gasteiger partial charge in [-0.05, 0) is 37.5 Å². The molecule has 0 fully saturated rings. The molecule has 0 saturated carbocycles. The molecule has 1 aliphatic heterocycles. The zero-order valence-electron chi connectivity index (χ0n) is 11.9. The van der Waals surface area contributed by atoms with Crippen molar-refractivity contribution in [3.63, 3.8) is 0 Å². The monoisotopic (exact) mass is 337 g/mol. The Hall–Kier alpha value is -1.86. The number of anilines is 1. The highest BCUT2D eigenvalue weighted by Gasteiger charge is 2.31. The van der Waals surface area contributed by atoms with Gasteiger partial charge >= 0.3 is 5.97 Å². The second-order valence-corrected chi connectivity index (χ2v) is 8.50. The fourth-order valence-electron chi connectivity index (χ4n) is 2.65. The molecule has 0 amide bonds. The number of nitrogens with zero attached hydrogens (tertiary/aromatic N) is 1. The molecule has 1 aromatic heterocycles. The number of aryl methyl sites for hydroxylation is 2. The third kappa shape index (κ3) is 2.40. The lowest BCUT2D eigenvalue weighted by Crippen LogP contribution is -2.35. The molecule has 22 heavy (non-hydrogen) atoms. The van der Waals surface area contributed by atoms with Gasteiger partial charge in [-0.3, -0.25) is 4.31 Å². The van der Waals surface area contributed by atoms with Gasteiger partial charge in [0.05, 0.1) is 11.3 Å². The summed E-state index contributed by atoms with van der Waals surface area (Å²) in [6.07, 6.45) is 1.61. The average molecular weight is 337 g/mol. The van der Waals surface area contributed by atoms with E-state index in [9.17, 15) is 13.2 Å². The predicted molar refractivity (Wildman–Crippen MR) is 85.3 cm³/mol. The van der Waals surface area contributed by atoms with Crippen molar-refractivity contribution in [1.29, 1.82) is 0 Å². The second-order valence-electron chi connectivity index (χ2n) is 5.15. The molecule has 1 N–H and O–H groups in total. The maximum Gasteiger partial charge on any atom is 0.336 e. The average Bonchev–Trinajstić information content (AvgIpc) is 2.89.